The molecular formula is C20H20FN5O2. The van der Waals surface area contributed by atoms with E-state index in [0.29, 0.717) is 36.7 Å². The number of aromatic hydroxyl groups is 1. The van der Waals surface area contributed by atoms with Crippen molar-refractivity contribution >= 4 is 28.8 Å². The normalized spacial score (nSPS) is 21.0. The molecule has 3 N–H and O–H groups in total. The van der Waals surface area contributed by atoms with E-state index in [1.54, 1.807) is 36.5 Å². The third-order valence-electron chi connectivity index (χ3n) is 4.88. The molecule has 2 aromatic rings. The molecule has 0 bridgehead atoms. The second-order valence-corrected chi connectivity index (χ2v) is 6.80. The topological polar surface area (TPSA) is 92.6 Å². The van der Waals surface area contributed by atoms with Crippen LogP contribution in [0.1, 0.15) is 6.42 Å². The molecule has 7 nitrogen and oxygen atoms in total. The summed E-state index contributed by atoms with van der Waals surface area (Å²) in [5, 5.41) is 21.1. The number of rotatable bonds is 4. The van der Waals surface area contributed by atoms with Gasteiger partial charge in [-0.2, -0.15) is 0 Å². The molecule has 2 aliphatic rings. The van der Waals surface area contributed by atoms with Crippen LogP contribution in [0.4, 0.5) is 21.6 Å². The largest absolute Gasteiger partial charge is 0.506 e. The first kappa shape index (κ1) is 18.0. The molecule has 3 heterocycles. The van der Waals surface area contributed by atoms with Gasteiger partial charge in [-0.3, -0.25) is 9.69 Å². The molecule has 2 aliphatic heterocycles. The van der Waals surface area contributed by atoms with Gasteiger partial charge in [-0.25, -0.2) is 9.37 Å². The van der Waals surface area contributed by atoms with Gasteiger partial charge < -0.3 is 20.7 Å². The van der Waals surface area contributed by atoms with Gasteiger partial charge in [0, 0.05) is 12.7 Å². The molecule has 2 saturated heterocycles. The van der Waals surface area contributed by atoms with Crippen molar-refractivity contribution in [3.63, 3.8) is 0 Å². The minimum absolute atomic E-state index is 0.00456. The highest BCUT2D eigenvalue weighted by molar-refractivity contribution is 6.33. The van der Waals surface area contributed by atoms with E-state index in [1.807, 2.05) is 4.90 Å². The van der Waals surface area contributed by atoms with Crippen LogP contribution < -0.4 is 15.1 Å². The van der Waals surface area contributed by atoms with E-state index in [9.17, 15) is 14.3 Å². The second kappa shape index (κ2) is 7.30. The third kappa shape index (κ3) is 3.40. The number of hydrogen-bond donors (Lipinski definition) is 3. The first-order chi connectivity index (χ1) is 13.5. The Hall–Kier alpha value is -3.42. The van der Waals surface area contributed by atoms with Crippen molar-refractivity contribution in [2.75, 3.05) is 34.8 Å². The fourth-order valence-corrected chi connectivity index (χ4v) is 3.37. The molecule has 144 valence electrons. The van der Waals surface area contributed by atoms with Gasteiger partial charge in [0.2, 0.25) is 0 Å². The zero-order valence-electron chi connectivity index (χ0n) is 15.1. The number of nitrogens with zero attached hydrogens (tertiary/aromatic N) is 3. The number of nitrogens with one attached hydrogen (secondary N) is 2. The van der Waals surface area contributed by atoms with Crippen molar-refractivity contribution in [3.05, 3.63) is 54.4 Å². The summed E-state index contributed by atoms with van der Waals surface area (Å²) in [5.41, 5.74) is 1.43. The Morgan fingerprint density at radius 2 is 2.11 bits per heavy atom. The molecule has 2 fully saturated rings. The van der Waals surface area contributed by atoms with E-state index in [0.717, 1.165) is 0 Å². The number of carbonyl (C=O) groups is 1. The second-order valence-electron chi connectivity index (χ2n) is 6.80. The predicted octanol–water partition coefficient (Wildman–Crippen LogP) is 2.70. The molecule has 0 aliphatic carbocycles. The van der Waals surface area contributed by atoms with E-state index in [1.165, 1.54) is 17.2 Å². The van der Waals surface area contributed by atoms with Gasteiger partial charge in [0.25, 0.3) is 5.91 Å². The highest BCUT2D eigenvalue weighted by Gasteiger charge is 2.33. The Morgan fingerprint density at radius 1 is 1.29 bits per heavy atom. The maximum Gasteiger partial charge on any atom is 0.262 e. The average Bonchev–Trinajstić information content (AvgIpc) is 3.24. The van der Waals surface area contributed by atoms with Crippen LogP contribution in [0.15, 0.2) is 54.4 Å². The SMILES string of the molecule is N=C1CN(c2ccccc2O)C(=O)/C1=C/Nc1ccc(N2CC[C@H](F)C2)nc1. The van der Waals surface area contributed by atoms with Crippen LogP contribution in [0.2, 0.25) is 0 Å². The lowest BCUT2D eigenvalue weighted by molar-refractivity contribution is -0.114. The van der Waals surface area contributed by atoms with Gasteiger partial charge in [-0.05, 0) is 30.7 Å². The van der Waals surface area contributed by atoms with Gasteiger partial charge in [-0.15, -0.1) is 0 Å². The van der Waals surface area contributed by atoms with Crippen molar-refractivity contribution < 1.29 is 14.3 Å². The standard InChI is InChI=1S/C20H20FN5O2/c21-13-7-8-25(11-13)19-6-5-14(9-24-19)23-10-15-16(22)12-26(20(15)28)17-3-1-2-4-18(17)27/h1-6,9-10,13,22-23,27H,7-8,11-12H2/b15-10+,22-16?/t13-/m0/s1. The first-order valence-corrected chi connectivity index (χ1v) is 9.02. The van der Waals surface area contributed by atoms with Crippen LogP contribution in [0.5, 0.6) is 5.75 Å². The van der Waals surface area contributed by atoms with Crippen LogP contribution in [0, 0.1) is 5.41 Å². The molecule has 0 saturated carbocycles. The van der Waals surface area contributed by atoms with Crippen molar-refractivity contribution in [3.8, 4) is 5.75 Å². The van der Waals surface area contributed by atoms with E-state index >= 15 is 0 Å². The van der Waals surface area contributed by atoms with Gasteiger partial charge in [0.05, 0.1) is 41.9 Å². The summed E-state index contributed by atoms with van der Waals surface area (Å²) in [6.07, 6.45) is 2.80. The Bertz CT molecular complexity index is 944. The predicted molar refractivity (Wildman–Crippen MR) is 106 cm³/mol. The summed E-state index contributed by atoms with van der Waals surface area (Å²) >= 11 is 0. The quantitative estimate of drug-likeness (QED) is 0.708. The van der Waals surface area contributed by atoms with Crippen LogP contribution in [0.3, 0.4) is 0 Å². The van der Waals surface area contributed by atoms with Crippen LogP contribution in [-0.2, 0) is 4.79 Å². The summed E-state index contributed by atoms with van der Waals surface area (Å²) in [4.78, 5) is 20.3. The maximum absolute atomic E-state index is 13.3. The van der Waals surface area contributed by atoms with Crippen molar-refractivity contribution in [1.29, 1.82) is 5.41 Å². The van der Waals surface area contributed by atoms with Crippen LogP contribution in [0.25, 0.3) is 0 Å². The fraction of sp³-hybridized carbons (Fsp3) is 0.250. The Morgan fingerprint density at radius 3 is 2.79 bits per heavy atom. The monoisotopic (exact) mass is 381 g/mol. The summed E-state index contributed by atoms with van der Waals surface area (Å²) in [6, 6.07) is 10.1. The van der Waals surface area contributed by atoms with E-state index in [-0.39, 0.29) is 29.5 Å². The third-order valence-corrected chi connectivity index (χ3v) is 4.88. The molecule has 1 amide bonds. The highest BCUT2D eigenvalue weighted by atomic mass is 19.1. The van der Waals surface area contributed by atoms with E-state index < -0.39 is 6.17 Å². The molecule has 0 unspecified atom stereocenters. The molecule has 8 heteroatoms. The smallest absolute Gasteiger partial charge is 0.262 e. The summed E-state index contributed by atoms with van der Waals surface area (Å²) in [7, 11) is 0. The average molecular weight is 381 g/mol. The minimum Gasteiger partial charge on any atom is -0.506 e. The van der Waals surface area contributed by atoms with E-state index in [4.69, 9.17) is 5.41 Å². The molecule has 1 atom stereocenters. The molecule has 28 heavy (non-hydrogen) atoms. The summed E-state index contributed by atoms with van der Waals surface area (Å²) in [5.74, 6) is 0.360. The lowest BCUT2D eigenvalue weighted by Crippen LogP contribution is -2.25. The number of para-hydroxylation sites is 2. The minimum atomic E-state index is -0.810. The van der Waals surface area contributed by atoms with Crippen molar-refractivity contribution in [2.24, 2.45) is 0 Å². The number of pyridine rings is 1. The van der Waals surface area contributed by atoms with E-state index in [2.05, 4.69) is 10.3 Å². The number of hydrogen-bond acceptors (Lipinski definition) is 6. The van der Waals surface area contributed by atoms with Crippen molar-refractivity contribution in [2.45, 2.75) is 12.6 Å². The molecule has 4 rings (SSSR count). The number of halogens is 1. The van der Waals surface area contributed by atoms with Gasteiger partial charge in [0.1, 0.15) is 17.7 Å². The first-order valence-electron chi connectivity index (χ1n) is 9.02. The maximum atomic E-state index is 13.3. The lowest BCUT2D eigenvalue weighted by atomic mass is 10.2. The number of benzene rings is 1. The van der Waals surface area contributed by atoms with Crippen LogP contribution in [-0.4, -0.2) is 47.5 Å². The van der Waals surface area contributed by atoms with Gasteiger partial charge in [0.15, 0.2) is 0 Å². The Labute approximate surface area is 161 Å². The van der Waals surface area contributed by atoms with Gasteiger partial charge in [-0.1, -0.05) is 12.1 Å². The molecular weight excluding hydrogens is 361 g/mol. The lowest BCUT2D eigenvalue weighted by Gasteiger charge is -2.16. The van der Waals surface area contributed by atoms with Gasteiger partial charge >= 0.3 is 0 Å². The molecule has 0 radical (unpaired) electrons. The summed E-state index contributed by atoms with van der Waals surface area (Å²) in [6.45, 7) is 1.11. The summed E-state index contributed by atoms with van der Waals surface area (Å²) < 4.78 is 13.3. The number of alkyl halides is 1. The highest BCUT2D eigenvalue weighted by Crippen LogP contribution is 2.30. The van der Waals surface area contributed by atoms with Crippen LogP contribution >= 0.6 is 0 Å². The molecule has 1 aromatic carbocycles. The Kier molecular flexibility index (Phi) is 4.68. The number of phenolic OH excluding ortho intramolecular Hbond substituents is 1. The zero-order valence-corrected chi connectivity index (χ0v) is 15.1. The fourth-order valence-electron chi connectivity index (χ4n) is 3.37. The number of amides is 1. The molecule has 0 spiro atoms. The number of aromatic nitrogens is 1. The number of carbonyl (C=O) groups excluding carboxylic acids is 1. The Balaban J connectivity index is 1.46. The van der Waals surface area contributed by atoms with Crippen molar-refractivity contribution in [1.82, 2.24) is 4.98 Å². The zero-order chi connectivity index (χ0) is 19.7. The number of phenols is 1. The number of anilines is 3. The molecule has 1 aromatic heterocycles.